The molecular weight excluding hydrogens is 625 g/mol. The smallest absolute Gasteiger partial charge is 0.418 e. The van der Waals surface area contributed by atoms with Crippen molar-refractivity contribution in [2.24, 2.45) is 0 Å². The van der Waals surface area contributed by atoms with Gasteiger partial charge in [0.1, 0.15) is 5.52 Å². The monoisotopic (exact) mass is 660 g/mol. The topological polar surface area (TPSA) is 102 Å². The number of methoxy groups -OCH3 is 1. The van der Waals surface area contributed by atoms with Gasteiger partial charge in [0.15, 0.2) is 5.52 Å². The van der Waals surface area contributed by atoms with Gasteiger partial charge >= 0.3 is 6.18 Å². The Labute approximate surface area is 274 Å². The van der Waals surface area contributed by atoms with Crippen molar-refractivity contribution >= 4 is 33.5 Å². The number of hydrogen-bond acceptors (Lipinski definition) is 8. The van der Waals surface area contributed by atoms with Gasteiger partial charge in [-0.15, -0.1) is 5.10 Å². The molecule has 0 atom stereocenters. The first-order valence-electron chi connectivity index (χ1n) is 16.0. The average Bonchev–Trinajstić information content (AvgIpc) is 3.79. The third-order valence-corrected chi connectivity index (χ3v) is 9.37. The Hall–Kier alpha value is -4.98. The molecule has 0 bridgehead atoms. The Balaban J connectivity index is 1.37. The van der Waals surface area contributed by atoms with Crippen LogP contribution in [-0.2, 0) is 17.5 Å². The molecule has 1 amide bonds. The molecule has 250 valence electrons. The van der Waals surface area contributed by atoms with Crippen molar-refractivity contribution in [1.29, 1.82) is 0 Å². The lowest BCUT2D eigenvalue weighted by molar-refractivity contribution is -0.137. The average molecular weight is 661 g/mol. The van der Waals surface area contributed by atoms with Crippen molar-refractivity contribution in [3.8, 4) is 22.7 Å². The van der Waals surface area contributed by atoms with E-state index in [0.717, 1.165) is 43.1 Å². The van der Waals surface area contributed by atoms with Crippen LogP contribution < -0.4 is 15.2 Å². The van der Waals surface area contributed by atoms with E-state index in [9.17, 15) is 22.8 Å². The van der Waals surface area contributed by atoms with Gasteiger partial charge < -0.3 is 24.0 Å². The molecule has 5 aromatic rings. The molecule has 11 nitrogen and oxygen atoms in total. The van der Waals surface area contributed by atoms with Crippen LogP contribution in [0.3, 0.4) is 0 Å². The van der Waals surface area contributed by atoms with Crippen LogP contribution in [0.25, 0.3) is 38.8 Å². The standard InChI is InChI=1S/C34H35F3N8O3/c1-22(46)42-14-16-43(17-15-42)29-9-7-25(20-27(29)34(35,36)37)45-32-26-19-23(24-6-10-30(48-2)38-21-24)5-8-28(26)44(33(47)31(32)39-40-45)18-13-41-11-3-4-12-41/h5-10,19-21H,3-4,11-18H2,1-2H3. The third kappa shape index (κ3) is 5.84. The molecule has 7 rings (SSSR count). The minimum Gasteiger partial charge on any atom is -0.481 e. The van der Waals surface area contributed by atoms with Crippen molar-refractivity contribution in [2.45, 2.75) is 32.5 Å². The molecule has 0 spiro atoms. The number of piperazine rings is 1. The van der Waals surface area contributed by atoms with Crippen LogP contribution in [0.15, 0.2) is 59.5 Å². The number of carbonyl (C=O) groups is 1. The van der Waals surface area contributed by atoms with Crippen molar-refractivity contribution < 1.29 is 22.7 Å². The molecule has 0 aliphatic carbocycles. The van der Waals surface area contributed by atoms with E-state index in [1.807, 2.05) is 24.3 Å². The molecule has 2 aliphatic rings. The maximum atomic E-state index is 14.6. The molecular formula is C34H35F3N8O3. The number of likely N-dealkylation sites (tertiary alicyclic amines) is 1. The van der Waals surface area contributed by atoms with Crippen molar-refractivity contribution in [3.63, 3.8) is 0 Å². The predicted molar refractivity (Wildman–Crippen MR) is 176 cm³/mol. The molecule has 48 heavy (non-hydrogen) atoms. The highest BCUT2D eigenvalue weighted by Gasteiger charge is 2.36. The predicted octanol–water partition coefficient (Wildman–Crippen LogP) is 4.59. The van der Waals surface area contributed by atoms with Crippen LogP contribution >= 0.6 is 0 Å². The fourth-order valence-electron chi connectivity index (χ4n) is 6.79. The SMILES string of the molecule is COc1ccc(-c2ccc3c(c2)c2c(nnn2-c2ccc(N4CCN(C(C)=O)CC4)c(C(F)(F)F)c2)c(=O)n3CCN2CCCC2)cn1. The van der Waals surface area contributed by atoms with Crippen molar-refractivity contribution in [3.05, 3.63) is 70.6 Å². The summed E-state index contributed by atoms with van der Waals surface area (Å²) in [6.45, 7) is 5.76. The number of nitrogens with zero attached hydrogens (tertiary/aromatic N) is 8. The van der Waals surface area contributed by atoms with Gasteiger partial charge in [0.2, 0.25) is 11.8 Å². The number of rotatable bonds is 7. The molecule has 5 heterocycles. The Morgan fingerprint density at radius 1 is 0.917 bits per heavy atom. The zero-order chi connectivity index (χ0) is 33.6. The highest BCUT2D eigenvalue weighted by Crippen LogP contribution is 2.39. The van der Waals surface area contributed by atoms with Gasteiger partial charge in [-0.25, -0.2) is 9.67 Å². The number of halogens is 3. The van der Waals surface area contributed by atoms with Crippen LogP contribution in [0.1, 0.15) is 25.3 Å². The summed E-state index contributed by atoms with van der Waals surface area (Å²) in [5.74, 6) is 0.359. The Morgan fingerprint density at radius 3 is 2.33 bits per heavy atom. The van der Waals surface area contributed by atoms with E-state index in [4.69, 9.17) is 4.74 Å². The van der Waals surface area contributed by atoms with E-state index >= 15 is 0 Å². The second kappa shape index (κ2) is 12.6. The Morgan fingerprint density at radius 2 is 1.67 bits per heavy atom. The fraction of sp³-hybridized carbons (Fsp3) is 0.382. The molecule has 0 radical (unpaired) electrons. The van der Waals surface area contributed by atoms with Crippen LogP contribution in [-0.4, -0.2) is 93.2 Å². The minimum atomic E-state index is -4.67. The zero-order valence-corrected chi connectivity index (χ0v) is 26.7. The van der Waals surface area contributed by atoms with E-state index in [1.165, 1.54) is 24.8 Å². The second-order valence-corrected chi connectivity index (χ2v) is 12.2. The van der Waals surface area contributed by atoms with E-state index in [1.54, 1.807) is 32.7 Å². The first kappa shape index (κ1) is 31.6. The number of amides is 1. The Kier molecular flexibility index (Phi) is 8.27. The summed E-state index contributed by atoms with van der Waals surface area (Å²) in [4.78, 5) is 35.7. The quantitative estimate of drug-likeness (QED) is 0.250. The first-order chi connectivity index (χ1) is 23.1. The number of carbonyl (C=O) groups excluding carboxylic acids is 1. The summed E-state index contributed by atoms with van der Waals surface area (Å²) in [5, 5.41) is 9.14. The van der Waals surface area contributed by atoms with Crippen LogP contribution in [0.4, 0.5) is 18.9 Å². The number of pyridine rings is 2. The summed E-state index contributed by atoms with van der Waals surface area (Å²) < 4.78 is 52.1. The zero-order valence-electron chi connectivity index (χ0n) is 26.7. The molecule has 0 N–H and O–H groups in total. The molecule has 0 saturated carbocycles. The van der Waals surface area contributed by atoms with Crippen LogP contribution in [0.2, 0.25) is 0 Å². The summed E-state index contributed by atoms with van der Waals surface area (Å²) >= 11 is 0. The number of alkyl halides is 3. The summed E-state index contributed by atoms with van der Waals surface area (Å²) in [5.41, 5.74) is 1.62. The van der Waals surface area contributed by atoms with Crippen molar-refractivity contribution in [1.82, 2.24) is 34.3 Å². The van der Waals surface area contributed by atoms with Gasteiger partial charge in [0.25, 0.3) is 5.56 Å². The van der Waals surface area contributed by atoms with Crippen LogP contribution in [0, 0.1) is 0 Å². The van der Waals surface area contributed by atoms with E-state index in [0.29, 0.717) is 48.5 Å². The number of ether oxygens (including phenoxy) is 1. The molecule has 2 fully saturated rings. The number of aromatic nitrogens is 5. The number of benzene rings is 2. The maximum absolute atomic E-state index is 14.6. The van der Waals surface area contributed by atoms with E-state index in [-0.39, 0.29) is 41.4 Å². The lowest BCUT2D eigenvalue weighted by atomic mass is 10.0. The molecule has 2 saturated heterocycles. The second-order valence-electron chi connectivity index (χ2n) is 12.2. The number of hydrogen-bond donors (Lipinski definition) is 0. The Bertz CT molecular complexity index is 2040. The summed E-state index contributed by atoms with van der Waals surface area (Å²) in [6.07, 6.45) is -0.746. The fourth-order valence-corrected chi connectivity index (χ4v) is 6.79. The summed E-state index contributed by atoms with van der Waals surface area (Å²) in [7, 11) is 1.54. The highest BCUT2D eigenvalue weighted by molar-refractivity contribution is 6.04. The minimum absolute atomic E-state index is 0.0299. The number of fused-ring (bicyclic) bond motifs is 3. The van der Waals surface area contributed by atoms with Gasteiger partial charge in [-0.3, -0.25) is 9.59 Å². The van der Waals surface area contributed by atoms with E-state index in [2.05, 4.69) is 20.2 Å². The molecule has 2 aromatic carbocycles. The molecule has 14 heteroatoms. The number of anilines is 1. The maximum Gasteiger partial charge on any atom is 0.418 e. The van der Waals surface area contributed by atoms with Gasteiger partial charge in [-0.05, 0) is 67.9 Å². The first-order valence-corrected chi connectivity index (χ1v) is 16.0. The van der Waals surface area contributed by atoms with Crippen LogP contribution in [0.5, 0.6) is 5.88 Å². The van der Waals surface area contributed by atoms with Crippen molar-refractivity contribution in [2.75, 3.05) is 57.8 Å². The summed E-state index contributed by atoms with van der Waals surface area (Å²) in [6, 6.07) is 13.3. The molecule has 3 aromatic heterocycles. The third-order valence-electron chi connectivity index (χ3n) is 9.37. The van der Waals surface area contributed by atoms with Gasteiger partial charge in [-0.1, -0.05) is 11.3 Å². The van der Waals surface area contributed by atoms with Gasteiger partial charge in [0.05, 0.1) is 23.9 Å². The normalized spacial score (nSPS) is 15.9. The lowest BCUT2D eigenvalue weighted by Crippen LogP contribution is -2.48. The lowest BCUT2D eigenvalue weighted by Gasteiger charge is -2.36. The highest BCUT2D eigenvalue weighted by atomic mass is 19.4. The van der Waals surface area contributed by atoms with E-state index < -0.39 is 11.7 Å². The van der Waals surface area contributed by atoms with Gasteiger partial charge in [-0.2, -0.15) is 13.2 Å². The molecule has 0 unspecified atom stereocenters. The molecule has 2 aliphatic heterocycles. The largest absolute Gasteiger partial charge is 0.481 e. The van der Waals surface area contributed by atoms with Gasteiger partial charge in [0, 0.05) is 75.1 Å².